The second-order valence-electron chi connectivity index (χ2n) is 7.17. The fraction of sp³-hybridized carbons (Fsp3) is 0.364. The standard InChI is InChI=1S/C11H12ClN3O2.C11H13N3O3/c1-3-17-10(16)6-8-7(2)14-9-4-5-13-15(9)11(8)12;1-3-17-10(15)6-8-7(2)13-9-4-5-12-14(9)11(8)16/h4-5H,3,6H2,1-2H3;4-5,12H,3,6H2,1-2H3. The number of aryl methyl sites for hydroxylation is 2. The van der Waals surface area contributed by atoms with E-state index < -0.39 is 5.97 Å². The number of rotatable bonds is 6. The van der Waals surface area contributed by atoms with E-state index in [1.807, 2.05) is 6.92 Å². The van der Waals surface area contributed by atoms with Crippen molar-refractivity contribution in [3.63, 3.8) is 0 Å². The molecular weight excluding hydrogens is 464 g/mol. The summed E-state index contributed by atoms with van der Waals surface area (Å²) in [5.74, 6) is -0.730. The molecule has 0 atom stereocenters. The van der Waals surface area contributed by atoms with E-state index in [4.69, 9.17) is 21.1 Å². The van der Waals surface area contributed by atoms with Crippen LogP contribution in [0.1, 0.15) is 36.4 Å². The molecule has 0 amide bonds. The van der Waals surface area contributed by atoms with E-state index in [0.29, 0.717) is 46.5 Å². The minimum atomic E-state index is -0.416. The molecule has 0 saturated carbocycles. The van der Waals surface area contributed by atoms with E-state index in [1.165, 1.54) is 9.03 Å². The van der Waals surface area contributed by atoms with Crippen LogP contribution in [-0.2, 0) is 31.9 Å². The summed E-state index contributed by atoms with van der Waals surface area (Å²) < 4.78 is 12.5. The van der Waals surface area contributed by atoms with Gasteiger partial charge in [0.05, 0.1) is 37.8 Å². The van der Waals surface area contributed by atoms with Crippen LogP contribution >= 0.6 is 11.6 Å². The molecule has 0 unspecified atom stereocenters. The number of halogens is 1. The lowest BCUT2D eigenvalue weighted by Gasteiger charge is -2.08. The first-order chi connectivity index (χ1) is 16.3. The Labute approximate surface area is 199 Å². The number of hydrogen-bond donors (Lipinski definition) is 1. The number of nitrogens with one attached hydrogen (secondary N) is 1. The first kappa shape index (κ1) is 24.9. The van der Waals surface area contributed by atoms with Gasteiger partial charge in [-0.05, 0) is 27.7 Å². The number of nitrogens with zero attached hydrogens (tertiary/aromatic N) is 5. The maximum Gasteiger partial charge on any atom is 0.310 e. The number of ether oxygens (including phenoxy) is 2. The van der Waals surface area contributed by atoms with Crippen LogP contribution < -0.4 is 5.56 Å². The zero-order valence-electron chi connectivity index (χ0n) is 19.3. The second-order valence-corrected chi connectivity index (χ2v) is 7.53. The van der Waals surface area contributed by atoms with Crippen molar-refractivity contribution in [2.24, 2.45) is 0 Å². The Morgan fingerprint density at radius 2 is 1.56 bits per heavy atom. The SMILES string of the molecule is CCOC(=O)Cc1c(C)nc2cc[nH]n2c1=O.CCOC(=O)Cc1c(C)nc2ccnn2c1Cl. The molecule has 34 heavy (non-hydrogen) atoms. The minimum absolute atomic E-state index is 0.0481. The van der Waals surface area contributed by atoms with Crippen LogP contribution in [0.25, 0.3) is 11.3 Å². The maximum absolute atomic E-state index is 12.0. The largest absolute Gasteiger partial charge is 0.466 e. The number of carbonyl (C=O) groups excluding carboxylic acids is 2. The highest BCUT2D eigenvalue weighted by molar-refractivity contribution is 6.30. The molecule has 0 fully saturated rings. The van der Waals surface area contributed by atoms with Crippen LogP contribution in [0.5, 0.6) is 0 Å². The van der Waals surface area contributed by atoms with E-state index in [2.05, 4.69) is 20.2 Å². The molecule has 0 saturated heterocycles. The van der Waals surface area contributed by atoms with Crippen LogP contribution in [0.15, 0.2) is 29.3 Å². The van der Waals surface area contributed by atoms with Gasteiger partial charge >= 0.3 is 11.9 Å². The predicted molar refractivity (Wildman–Crippen MR) is 124 cm³/mol. The van der Waals surface area contributed by atoms with Gasteiger partial charge in [-0.15, -0.1) is 0 Å². The van der Waals surface area contributed by atoms with Gasteiger partial charge in [0.2, 0.25) is 0 Å². The number of carbonyl (C=O) groups is 2. The summed E-state index contributed by atoms with van der Waals surface area (Å²) in [6.45, 7) is 7.67. The summed E-state index contributed by atoms with van der Waals surface area (Å²) in [5.41, 5.74) is 3.24. The predicted octanol–water partition coefficient (Wildman–Crippen LogP) is 2.23. The zero-order chi connectivity index (χ0) is 24.8. The van der Waals surface area contributed by atoms with E-state index in [1.54, 1.807) is 45.3 Å². The molecule has 4 aromatic heterocycles. The van der Waals surface area contributed by atoms with Crippen LogP contribution in [-0.4, -0.2) is 54.3 Å². The summed E-state index contributed by atoms with van der Waals surface area (Å²) in [5, 5.41) is 7.20. The molecule has 11 nitrogen and oxygen atoms in total. The van der Waals surface area contributed by atoms with E-state index in [0.717, 1.165) is 5.69 Å². The van der Waals surface area contributed by atoms with Gasteiger partial charge in [0.15, 0.2) is 11.3 Å². The quantitative estimate of drug-likeness (QED) is 0.322. The molecule has 1 N–H and O–H groups in total. The topological polar surface area (TPSA) is 133 Å². The number of aromatic amines is 1. The Balaban J connectivity index is 0.000000191. The van der Waals surface area contributed by atoms with Gasteiger partial charge in [-0.2, -0.15) is 5.10 Å². The molecule has 0 aliphatic rings. The average Bonchev–Trinajstić information content (AvgIpc) is 3.44. The molecule has 0 spiro atoms. The second kappa shape index (κ2) is 10.9. The molecule has 0 aliphatic carbocycles. The average molecular weight is 489 g/mol. The number of hydrogen-bond acceptors (Lipinski definition) is 8. The molecule has 0 bridgehead atoms. The van der Waals surface area contributed by atoms with Crippen molar-refractivity contribution in [3.8, 4) is 0 Å². The van der Waals surface area contributed by atoms with Gasteiger partial charge < -0.3 is 9.47 Å². The normalized spacial score (nSPS) is 10.7. The first-order valence-electron chi connectivity index (χ1n) is 10.6. The summed E-state index contributed by atoms with van der Waals surface area (Å²) in [6.07, 6.45) is 3.30. The fourth-order valence-corrected chi connectivity index (χ4v) is 3.61. The van der Waals surface area contributed by atoms with Gasteiger partial charge in [-0.1, -0.05) is 11.6 Å². The van der Waals surface area contributed by atoms with Gasteiger partial charge in [0, 0.05) is 35.3 Å². The van der Waals surface area contributed by atoms with Gasteiger partial charge in [0.25, 0.3) is 5.56 Å². The molecule has 0 aromatic carbocycles. The van der Waals surface area contributed by atoms with Crippen LogP contribution in [0.4, 0.5) is 0 Å². The van der Waals surface area contributed by atoms with Crippen molar-refractivity contribution in [2.45, 2.75) is 40.5 Å². The lowest BCUT2D eigenvalue weighted by Crippen LogP contribution is -2.24. The molecule has 4 rings (SSSR count). The Morgan fingerprint density at radius 3 is 2.21 bits per heavy atom. The summed E-state index contributed by atoms with van der Waals surface area (Å²) >= 11 is 6.19. The fourth-order valence-electron chi connectivity index (χ4n) is 3.27. The number of fused-ring (bicyclic) bond motifs is 2. The van der Waals surface area contributed by atoms with E-state index >= 15 is 0 Å². The highest BCUT2D eigenvalue weighted by atomic mass is 35.5. The van der Waals surface area contributed by atoms with Crippen molar-refractivity contribution in [1.29, 1.82) is 0 Å². The molecule has 4 aromatic rings. The van der Waals surface area contributed by atoms with E-state index in [9.17, 15) is 14.4 Å². The Bertz CT molecular complexity index is 1390. The summed E-state index contributed by atoms with van der Waals surface area (Å²) in [4.78, 5) is 43.4. The van der Waals surface area contributed by atoms with Crippen LogP contribution in [0.3, 0.4) is 0 Å². The Hall–Kier alpha value is -3.73. The highest BCUT2D eigenvalue weighted by Gasteiger charge is 2.16. The molecule has 180 valence electrons. The molecule has 12 heteroatoms. The van der Waals surface area contributed by atoms with Crippen LogP contribution in [0.2, 0.25) is 5.15 Å². The number of aromatic nitrogens is 6. The highest BCUT2D eigenvalue weighted by Crippen LogP contribution is 2.20. The van der Waals surface area contributed by atoms with Crippen LogP contribution in [0, 0.1) is 13.8 Å². The first-order valence-corrected chi connectivity index (χ1v) is 11.0. The maximum atomic E-state index is 12.0. The number of H-pyrrole nitrogens is 1. The van der Waals surface area contributed by atoms with E-state index in [-0.39, 0.29) is 24.4 Å². The van der Waals surface area contributed by atoms with Crippen molar-refractivity contribution in [3.05, 3.63) is 62.5 Å². The molecule has 4 heterocycles. The third-order valence-electron chi connectivity index (χ3n) is 4.87. The summed E-state index contributed by atoms with van der Waals surface area (Å²) in [7, 11) is 0. The van der Waals surface area contributed by atoms with Gasteiger partial charge in [-0.25, -0.2) is 19.0 Å². The third kappa shape index (κ3) is 5.42. The smallest absolute Gasteiger partial charge is 0.310 e. The zero-order valence-corrected chi connectivity index (χ0v) is 20.0. The van der Waals surface area contributed by atoms with Gasteiger partial charge in [-0.3, -0.25) is 19.5 Å². The third-order valence-corrected chi connectivity index (χ3v) is 5.26. The Morgan fingerprint density at radius 1 is 0.971 bits per heavy atom. The van der Waals surface area contributed by atoms with Crippen molar-refractivity contribution >= 4 is 34.8 Å². The molecular formula is C22H25ClN6O5. The molecule has 0 aliphatic heterocycles. The summed E-state index contributed by atoms with van der Waals surface area (Å²) in [6, 6.07) is 3.45. The van der Waals surface area contributed by atoms with Crippen molar-refractivity contribution in [2.75, 3.05) is 13.2 Å². The monoisotopic (exact) mass is 488 g/mol. The molecule has 0 radical (unpaired) electrons. The number of esters is 2. The minimum Gasteiger partial charge on any atom is -0.466 e. The van der Waals surface area contributed by atoms with Gasteiger partial charge in [0.1, 0.15) is 5.15 Å². The van der Waals surface area contributed by atoms with Crippen molar-refractivity contribution in [1.82, 2.24) is 29.2 Å². The lowest BCUT2D eigenvalue weighted by molar-refractivity contribution is -0.143. The lowest BCUT2D eigenvalue weighted by atomic mass is 10.2. The Kier molecular flexibility index (Phi) is 8.00. The van der Waals surface area contributed by atoms with Crippen molar-refractivity contribution < 1.29 is 19.1 Å².